The Kier molecular flexibility index (Phi) is 8.72. The van der Waals surface area contributed by atoms with E-state index in [9.17, 15) is 0 Å². The van der Waals surface area contributed by atoms with Crippen molar-refractivity contribution in [3.8, 4) is 0 Å². The SMILES string of the molecule is CC(C)N(C)C(c1ccc(C(N(C)C(C)C)=[N+](C)C(C)C)cc1)=[N+](C)C(C)C. The van der Waals surface area contributed by atoms with Gasteiger partial charge in [0.15, 0.2) is 0 Å². The van der Waals surface area contributed by atoms with Crippen molar-refractivity contribution in [1.29, 1.82) is 0 Å². The first-order valence-electron chi connectivity index (χ1n) is 10.7. The molecule has 4 heteroatoms. The van der Waals surface area contributed by atoms with Crippen LogP contribution in [0.15, 0.2) is 24.3 Å². The topological polar surface area (TPSA) is 12.5 Å². The Bertz CT molecular complexity index is 633. The van der Waals surface area contributed by atoms with E-state index in [4.69, 9.17) is 0 Å². The second-order valence-electron chi connectivity index (χ2n) is 9.04. The second kappa shape index (κ2) is 10.1. The normalized spacial score (nSPS) is 14.0. The van der Waals surface area contributed by atoms with Crippen LogP contribution in [0.2, 0.25) is 0 Å². The molecule has 0 fully saturated rings. The smallest absolute Gasteiger partial charge is 0.262 e. The summed E-state index contributed by atoms with van der Waals surface area (Å²) >= 11 is 0. The summed E-state index contributed by atoms with van der Waals surface area (Å²) in [7, 11) is 8.74. The first kappa shape index (κ1) is 24.2. The van der Waals surface area contributed by atoms with Gasteiger partial charge in [0.05, 0.1) is 63.5 Å². The first-order chi connectivity index (χ1) is 12.9. The molecule has 0 bridgehead atoms. The Morgan fingerprint density at radius 3 is 1.04 bits per heavy atom. The molecule has 0 saturated heterocycles. The highest BCUT2D eigenvalue weighted by Gasteiger charge is 2.27. The highest BCUT2D eigenvalue weighted by molar-refractivity contribution is 5.98. The van der Waals surface area contributed by atoms with Crippen molar-refractivity contribution in [2.24, 2.45) is 0 Å². The van der Waals surface area contributed by atoms with Gasteiger partial charge in [0.25, 0.3) is 11.7 Å². The van der Waals surface area contributed by atoms with Gasteiger partial charge in [-0.25, -0.2) is 0 Å². The van der Waals surface area contributed by atoms with E-state index in [-0.39, 0.29) is 0 Å². The van der Waals surface area contributed by atoms with Crippen LogP contribution in [0.5, 0.6) is 0 Å². The standard InChI is InChI=1S/C24H44N4/c1-17(2)25(9)23(26(10)18(3)4)21-13-15-22(16-14-21)24(27(11)19(5)6)28(12)20(7)8/h13-20H,1-12H3/q+2. The molecule has 0 heterocycles. The summed E-state index contributed by atoms with van der Waals surface area (Å²) in [6.07, 6.45) is 0. The van der Waals surface area contributed by atoms with Gasteiger partial charge in [0, 0.05) is 0 Å². The molecule has 0 unspecified atom stereocenters. The molecule has 0 aliphatic carbocycles. The highest BCUT2D eigenvalue weighted by atomic mass is 15.2. The number of hydrogen-bond donors (Lipinski definition) is 0. The molecule has 1 aromatic carbocycles. The molecule has 1 aromatic rings. The van der Waals surface area contributed by atoms with Crippen molar-refractivity contribution in [1.82, 2.24) is 9.80 Å². The number of nitrogens with zero attached hydrogens (tertiary/aromatic N) is 4. The Labute approximate surface area is 174 Å². The van der Waals surface area contributed by atoms with Crippen LogP contribution in [-0.4, -0.2) is 83.0 Å². The van der Waals surface area contributed by atoms with Crippen LogP contribution < -0.4 is 0 Å². The van der Waals surface area contributed by atoms with E-state index >= 15 is 0 Å². The van der Waals surface area contributed by atoms with E-state index < -0.39 is 0 Å². The fraction of sp³-hybridized carbons (Fsp3) is 0.667. The van der Waals surface area contributed by atoms with E-state index in [2.05, 4.69) is 127 Å². The molecule has 0 saturated carbocycles. The molecule has 1 rings (SSSR count). The number of amidine groups is 2. The minimum atomic E-state index is 0.442. The molecule has 28 heavy (non-hydrogen) atoms. The van der Waals surface area contributed by atoms with Crippen LogP contribution in [-0.2, 0) is 0 Å². The van der Waals surface area contributed by atoms with Gasteiger partial charge in [-0.2, -0.15) is 0 Å². The third-order valence-electron chi connectivity index (χ3n) is 5.84. The van der Waals surface area contributed by atoms with Crippen LogP contribution in [0.25, 0.3) is 0 Å². The van der Waals surface area contributed by atoms with E-state index in [1.165, 1.54) is 22.8 Å². The molecular formula is C24H44N4+2. The monoisotopic (exact) mass is 388 g/mol. The maximum atomic E-state index is 2.36. The summed E-state index contributed by atoms with van der Waals surface area (Å²) in [5.74, 6) is 2.54. The van der Waals surface area contributed by atoms with Gasteiger partial charge in [-0.3, -0.25) is 19.0 Å². The van der Waals surface area contributed by atoms with Crippen molar-refractivity contribution in [2.45, 2.75) is 79.6 Å². The lowest BCUT2D eigenvalue weighted by Gasteiger charge is -2.24. The summed E-state index contributed by atoms with van der Waals surface area (Å²) in [5, 5.41) is 0. The quantitative estimate of drug-likeness (QED) is 0.415. The third kappa shape index (κ3) is 5.59. The number of benzene rings is 1. The largest absolute Gasteiger partial charge is 0.279 e. The van der Waals surface area contributed by atoms with Gasteiger partial charge >= 0.3 is 0 Å². The van der Waals surface area contributed by atoms with Gasteiger partial charge in [-0.05, 0) is 79.7 Å². The zero-order chi connectivity index (χ0) is 21.8. The van der Waals surface area contributed by atoms with Gasteiger partial charge < -0.3 is 0 Å². The minimum absolute atomic E-state index is 0.442. The van der Waals surface area contributed by atoms with Crippen molar-refractivity contribution >= 4 is 11.7 Å². The Morgan fingerprint density at radius 2 is 0.857 bits per heavy atom. The number of hydrogen-bond acceptors (Lipinski definition) is 0. The number of rotatable bonds is 6. The van der Waals surface area contributed by atoms with Crippen LogP contribution in [0.3, 0.4) is 0 Å². The predicted molar refractivity (Wildman–Crippen MR) is 123 cm³/mol. The molecule has 4 nitrogen and oxygen atoms in total. The molecule has 158 valence electrons. The van der Waals surface area contributed by atoms with Crippen LogP contribution in [0, 0.1) is 0 Å². The second-order valence-corrected chi connectivity index (χ2v) is 9.04. The molecule has 0 spiro atoms. The van der Waals surface area contributed by atoms with Crippen molar-refractivity contribution in [2.75, 3.05) is 28.2 Å². The molecule has 0 N–H and O–H groups in total. The lowest BCUT2D eigenvalue weighted by atomic mass is 10.1. The van der Waals surface area contributed by atoms with Crippen LogP contribution in [0.4, 0.5) is 0 Å². The zero-order valence-corrected chi connectivity index (χ0v) is 20.4. The Hall–Kier alpha value is -1.84. The van der Waals surface area contributed by atoms with E-state index in [0.29, 0.717) is 24.2 Å². The summed E-state index contributed by atoms with van der Waals surface area (Å²) in [6.45, 7) is 17.9. The summed E-state index contributed by atoms with van der Waals surface area (Å²) in [5.41, 5.74) is 2.52. The molecule has 0 amide bonds. The lowest BCUT2D eigenvalue weighted by Crippen LogP contribution is -2.42. The van der Waals surface area contributed by atoms with Crippen molar-refractivity contribution in [3.63, 3.8) is 0 Å². The van der Waals surface area contributed by atoms with Crippen LogP contribution in [0.1, 0.15) is 66.5 Å². The third-order valence-corrected chi connectivity index (χ3v) is 5.84. The maximum absolute atomic E-state index is 2.36. The average molecular weight is 389 g/mol. The fourth-order valence-corrected chi connectivity index (χ4v) is 3.06. The minimum Gasteiger partial charge on any atom is -0.262 e. The van der Waals surface area contributed by atoms with Crippen LogP contribution >= 0.6 is 0 Å². The molecule has 0 atom stereocenters. The molecule has 0 radical (unpaired) electrons. The Balaban J connectivity index is 3.52. The summed E-state index contributed by atoms with van der Waals surface area (Å²) in [6, 6.07) is 10.8. The molecule has 0 aromatic heterocycles. The fourth-order valence-electron chi connectivity index (χ4n) is 3.06. The lowest BCUT2D eigenvalue weighted by molar-refractivity contribution is -0.534. The zero-order valence-electron chi connectivity index (χ0n) is 20.4. The van der Waals surface area contributed by atoms with Gasteiger partial charge in [0.1, 0.15) is 0 Å². The molecule has 0 aliphatic heterocycles. The highest BCUT2D eigenvalue weighted by Crippen LogP contribution is 2.14. The van der Waals surface area contributed by atoms with E-state index in [0.717, 1.165) is 0 Å². The predicted octanol–water partition coefficient (Wildman–Crippen LogP) is 3.96. The van der Waals surface area contributed by atoms with Gasteiger partial charge in [-0.15, -0.1) is 0 Å². The van der Waals surface area contributed by atoms with E-state index in [1.807, 2.05) is 0 Å². The average Bonchev–Trinajstić information content (AvgIpc) is 2.62. The summed E-state index contributed by atoms with van der Waals surface area (Å²) < 4.78 is 4.72. The molecule has 0 aliphatic rings. The maximum Gasteiger partial charge on any atom is 0.279 e. The molecular weight excluding hydrogens is 344 g/mol. The van der Waals surface area contributed by atoms with E-state index in [1.54, 1.807) is 0 Å². The van der Waals surface area contributed by atoms with Gasteiger partial charge in [0.2, 0.25) is 0 Å². The van der Waals surface area contributed by atoms with Gasteiger partial charge in [-0.1, -0.05) is 0 Å². The van der Waals surface area contributed by atoms with Crippen molar-refractivity contribution < 1.29 is 9.15 Å². The summed E-state index contributed by atoms with van der Waals surface area (Å²) in [4.78, 5) is 4.72. The Morgan fingerprint density at radius 1 is 0.607 bits per heavy atom. The first-order valence-corrected chi connectivity index (χ1v) is 10.7. The van der Waals surface area contributed by atoms with Crippen molar-refractivity contribution in [3.05, 3.63) is 35.4 Å².